The molecule has 0 bridgehead atoms. The molecule has 86 valence electrons. The average molecular weight is 224 g/mol. The van der Waals surface area contributed by atoms with Crippen LogP contribution in [0.1, 0.15) is 15.9 Å². The molecule has 0 aromatic heterocycles. The van der Waals surface area contributed by atoms with E-state index in [4.69, 9.17) is 9.84 Å². The van der Waals surface area contributed by atoms with Crippen LogP contribution < -0.4 is 4.74 Å². The molecular weight excluding hydrogens is 212 g/mol. The highest BCUT2D eigenvalue weighted by Crippen LogP contribution is 2.23. The third-order valence-corrected chi connectivity index (χ3v) is 2.09. The van der Waals surface area contributed by atoms with Gasteiger partial charge in [0.15, 0.2) is 0 Å². The minimum Gasteiger partial charge on any atom is -0.496 e. The molecule has 16 heavy (non-hydrogen) atoms. The Labute approximate surface area is 92.6 Å². The van der Waals surface area contributed by atoms with Crippen LogP contribution in [0.25, 0.3) is 0 Å². The predicted octanol–water partition coefficient (Wildman–Crippen LogP) is 1.11. The van der Waals surface area contributed by atoms with Gasteiger partial charge in [0.25, 0.3) is 0 Å². The Morgan fingerprint density at radius 2 is 2.00 bits per heavy atom. The molecule has 1 aromatic rings. The van der Waals surface area contributed by atoms with Crippen LogP contribution in [0.5, 0.6) is 5.75 Å². The first-order chi connectivity index (χ1) is 7.60. The van der Waals surface area contributed by atoms with Gasteiger partial charge in [0.05, 0.1) is 26.2 Å². The van der Waals surface area contributed by atoms with E-state index in [9.17, 15) is 9.59 Å². The van der Waals surface area contributed by atoms with Crippen molar-refractivity contribution in [3.8, 4) is 5.75 Å². The van der Waals surface area contributed by atoms with Gasteiger partial charge in [0, 0.05) is 5.56 Å². The van der Waals surface area contributed by atoms with Crippen LogP contribution in [0, 0.1) is 0 Å². The first kappa shape index (κ1) is 12.0. The van der Waals surface area contributed by atoms with Gasteiger partial charge in [-0.15, -0.1) is 0 Å². The van der Waals surface area contributed by atoms with Crippen molar-refractivity contribution in [1.82, 2.24) is 0 Å². The second-order valence-corrected chi connectivity index (χ2v) is 3.05. The van der Waals surface area contributed by atoms with Crippen LogP contribution in [0.15, 0.2) is 18.2 Å². The van der Waals surface area contributed by atoms with E-state index in [-0.39, 0.29) is 12.0 Å². The Morgan fingerprint density at radius 3 is 2.50 bits per heavy atom. The summed E-state index contributed by atoms with van der Waals surface area (Å²) in [5, 5.41) is 8.76. The second kappa shape index (κ2) is 5.16. The maximum atomic E-state index is 11.4. The Bertz CT molecular complexity index is 411. The molecule has 0 fully saturated rings. The van der Waals surface area contributed by atoms with E-state index >= 15 is 0 Å². The van der Waals surface area contributed by atoms with Crippen molar-refractivity contribution in [2.75, 3.05) is 14.2 Å². The second-order valence-electron chi connectivity index (χ2n) is 3.05. The Morgan fingerprint density at radius 1 is 1.31 bits per heavy atom. The first-order valence-corrected chi connectivity index (χ1v) is 4.56. The van der Waals surface area contributed by atoms with E-state index in [0.29, 0.717) is 11.3 Å². The van der Waals surface area contributed by atoms with Crippen LogP contribution in [0.4, 0.5) is 0 Å². The highest BCUT2D eigenvalue weighted by molar-refractivity contribution is 5.93. The fraction of sp³-hybridized carbons (Fsp3) is 0.273. The fourth-order valence-electron chi connectivity index (χ4n) is 1.39. The van der Waals surface area contributed by atoms with Gasteiger partial charge in [0.1, 0.15) is 5.75 Å². The quantitative estimate of drug-likeness (QED) is 0.775. The van der Waals surface area contributed by atoms with Crippen molar-refractivity contribution in [1.29, 1.82) is 0 Å². The largest absolute Gasteiger partial charge is 0.496 e. The number of carbonyl (C=O) groups is 2. The lowest BCUT2D eigenvalue weighted by molar-refractivity contribution is -0.136. The molecule has 5 heteroatoms. The monoisotopic (exact) mass is 224 g/mol. The number of rotatable bonds is 4. The molecule has 1 N–H and O–H groups in total. The molecule has 0 atom stereocenters. The van der Waals surface area contributed by atoms with Crippen LogP contribution in [-0.4, -0.2) is 31.3 Å². The summed E-state index contributed by atoms with van der Waals surface area (Å²) in [6, 6.07) is 4.72. The van der Waals surface area contributed by atoms with Crippen LogP contribution >= 0.6 is 0 Å². The molecular formula is C11H12O5. The van der Waals surface area contributed by atoms with E-state index in [1.54, 1.807) is 12.1 Å². The highest BCUT2D eigenvalue weighted by Gasteiger charge is 2.17. The summed E-state index contributed by atoms with van der Waals surface area (Å²) in [6.45, 7) is 0. The number of ether oxygens (including phenoxy) is 2. The first-order valence-electron chi connectivity index (χ1n) is 4.56. The predicted molar refractivity (Wildman–Crippen MR) is 55.7 cm³/mol. The molecule has 0 heterocycles. The van der Waals surface area contributed by atoms with Crippen molar-refractivity contribution < 1.29 is 24.2 Å². The van der Waals surface area contributed by atoms with Crippen molar-refractivity contribution >= 4 is 11.9 Å². The lowest BCUT2D eigenvalue weighted by atomic mass is 10.0. The number of methoxy groups -OCH3 is 2. The normalized spacial score (nSPS) is 9.62. The summed E-state index contributed by atoms with van der Waals surface area (Å²) in [5.74, 6) is -1.24. The van der Waals surface area contributed by atoms with Crippen molar-refractivity contribution in [2.45, 2.75) is 6.42 Å². The average Bonchev–Trinajstić information content (AvgIpc) is 2.27. The third-order valence-electron chi connectivity index (χ3n) is 2.09. The summed E-state index contributed by atoms with van der Waals surface area (Å²) in [5.41, 5.74) is 0.536. The van der Waals surface area contributed by atoms with Crippen LogP contribution in [-0.2, 0) is 16.0 Å². The third kappa shape index (κ3) is 2.50. The molecule has 0 amide bonds. The van der Waals surface area contributed by atoms with Gasteiger partial charge < -0.3 is 14.6 Å². The van der Waals surface area contributed by atoms with E-state index in [1.165, 1.54) is 20.3 Å². The Kier molecular flexibility index (Phi) is 3.88. The van der Waals surface area contributed by atoms with Gasteiger partial charge in [-0.25, -0.2) is 4.79 Å². The number of hydrogen-bond acceptors (Lipinski definition) is 4. The summed E-state index contributed by atoms with van der Waals surface area (Å²) in [4.78, 5) is 22.1. The highest BCUT2D eigenvalue weighted by atomic mass is 16.5. The molecule has 1 rings (SSSR count). The summed E-state index contributed by atoms with van der Waals surface area (Å²) in [6.07, 6.45) is -0.283. The molecule has 0 saturated heterocycles. The molecule has 0 aliphatic carbocycles. The molecule has 0 saturated carbocycles. The van der Waals surface area contributed by atoms with Crippen molar-refractivity contribution in [3.05, 3.63) is 29.3 Å². The number of carboxylic acid groups (broad SMARTS) is 1. The number of esters is 1. The molecule has 1 aromatic carbocycles. The Hall–Kier alpha value is -2.04. The van der Waals surface area contributed by atoms with Crippen molar-refractivity contribution in [3.63, 3.8) is 0 Å². The van der Waals surface area contributed by atoms with Gasteiger partial charge in [-0.05, 0) is 12.1 Å². The summed E-state index contributed by atoms with van der Waals surface area (Å²) < 4.78 is 9.58. The van der Waals surface area contributed by atoms with Gasteiger partial charge in [-0.1, -0.05) is 6.07 Å². The van der Waals surface area contributed by atoms with E-state index < -0.39 is 11.9 Å². The molecule has 0 radical (unpaired) electrons. The minimum atomic E-state index is -1.03. The van der Waals surface area contributed by atoms with Gasteiger partial charge in [-0.3, -0.25) is 4.79 Å². The smallest absolute Gasteiger partial charge is 0.338 e. The van der Waals surface area contributed by atoms with Crippen LogP contribution in [0.3, 0.4) is 0 Å². The molecule has 5 nitrogen and oxygen atoms in total. The number of benzene rings is 1. The maximum Gasteiger partial charge on any atom is 0.338 e. The lowest BCUT2D eigenvalue weighted by Gasteiger charge is -2.10. The van der Waals surface area contributed by atoms with E-state index in [2.05, 4.69) is 4.74 Å². The summed E-state index contributed by atoms with van der Waals surface area (Å²) in [7, 11) is 2.66. The SMILES string of the molecule is COC(=O)c1cccc(OC)c1CC(=O)O. The number of hydrogen-bond donors (Lipinski definition) is 1. The maximum absolute atomic E-state index is 11.4. The topological polar surface area (TPSA) is 72.8 Å². The number of aliphatic carboxylic acids is 1. The Balaban J connectivity index is 3.25. The molecule has 0 aliphatic rings. The minimum absolute atomic E-state index is 0.212. The van der Waals surface area contributed by atoms with Gasteiger partial charge in [-0.2, -0.15) is 0 Å². The summed E-state index contributed by atoms with van der Waals surface area (Å²) >= 11 is 0. The lowest BCUT2D eigenvalue weighted by Crippen LogP contribution is -2.11. The van der Waals surface area contributed by atoms with E-state index in [1.807, 2.05) is 0 Å². The molecule has 0 aliphatic heterocycles. The zero-order chi connectivity index (χ0) is 12.1. The molecule has 0 spiro atoms. The zero-order valence-corrected chi connectivity index (χ0v) is 9.02. The molecule has 0 unspecified atom stereocenters. The number of carboxylic acids is 1. The fourth-order valence-corrected chi connectivity index (χ4v) is 1.39. The van der Waals surface area contributed by atoms with Crippen LogP contribution in [0.2, 0.25) is 0 Å². The van der Waals surface area contributed by atoms with E-state index in [0.717, 1.165) is 0 Å². The zero-order valence-electron chi connectivity index (χ0n) is 9.02. The van der Waals surface area contributed by atoms with Crippen molar-refractivity contribution in [2.24, 2.45) is 0 Å². The van der Waals surface area contributed by atoms with Gasteiger partial charge in [0.2, 0.25) is 0 Å². The van der Waals surface area contributed by atoms with Gasteiger partial charge >= 0.3 is 11.9 Å². The number of carbonyl (C=O) groups excluding carboxylic acids is 1. The standard InChI is InChI=1S/C11H12O5/c1-15-9-5-3-4-7(11(14)16-2)8(9)6-10(12)13/h3-5H,6H2,1-2H3,(H,12,13).